The number of benzene rings is 1. The molecule has 0 bridgehead atoms. The van der Waals surface area contributed by atoms with Crippen LogP contribution in [0.25, 0.3) is 11.8 Å². The van der Waals surface area contributed by atoms with E-state index in [1.807, 2.05) is 49.5 Å². The predicted molar refractivity (Wildman–Crippen MR) is 90.2 cm³/mol. The Labute approximate surface area is 134 Å². The molecule has 3 rings (SSSR count). The third-order valence-electron chi connectivity index (χ3n) is 3.21. The summed E-state index contributed by atoms with van der Waals surface area (Å²) in [5.74, 6) is 0.305. The second-order valence-electron chi connectivity index (χ2n) is 5.10. The molecular weight excluding hydrogens is 288 g/mol. The molecule has 2 aromatic heterocycles. The third-order valence-corrected chi connectivity index (χ3v) is 3.21. The molecule has 0 aliphatic carbocycles. The highest BCUT2D eigenvalue weighted by Crippen LogP contribution is 2.09. The number of carbonyl (C=O) groups excluding carboxylic acids is 1. The van der Waals surface area contributed by atoms with Gasteiger partial charge in [0.05, 0.1) is 11.9 Å². The van der Waals surface area contributed by atoms with E-state index < -0.39 is 0 Å². The van der Waals surface area contributed by atoms with Crippen LogP contribution in [0.1, 0.15) is 11.1 Å². The number of anilines is 1. The second kappa shape index (κ2) is 6.70. The zero-order valence-corrected chi connectivity index (χ0v) is 12.7. The van der Waals surface area contributed by atoms with Crippen LogP contribution in [0.2, 0.25) is 0 Å². The molecule has 0 aliphatic heterocycles. The number of hydrogen-bond donors (Lipinski definition) is 1. The van der Waals surface area contributed by atoms with Gasteiger partial charge in [0, 0.05) is 24.0 Å². The molecule has 0 saturated heterocycles. The quantitative estimate of drug-likeness (QED) is 0.753. The van der Waals surface area contributed by atoms with E-state index in [0.717, 1.165) is 16.8 Å². The summed E-state index contributed by atoms with van der Waals surface area (Å²) in [7, 11) is 0. The molecule has 0 atom stereocenters. The van der Waals surface area contributed by atoms with Crippen molar-refractivity contribution in [2.24, 2.45) is 0 Å². The molecule has 1 amide bonds. The molecule has 0 spiro atoms. The zero-order chi connectivity index (χ0) is 16.1. The highest BCUT2D eigenvalue weighted by Gasteiger charge is 2.01. The maximum absolute atomic E-state index is 11.9. The van der Waals surface area contributed by atoms with Gasteiger partial charge in [0.15, 0.2) is 0 Å². The van der Waals surface area contributed by atoms with Gasteiger partial charge in [0.2, 0.25) is 5.91 Å². The second-order valence-corrected chi connectivity index (χ2v) is 5.10. The molecule has 1 N–H and O–H groups in total. The minimum Gasteiger partial charge on any atom is -0.307 e. The SMILES string of the molecule is Cc1ccc(NC(=O)/C=C/c2cnn(-c3ccccc3)c2)nc1. The van der Waals surface area contributed by atoms with Crippen molar-refractivity contribution in [2.45, 2.75) is 6.92 Å². The van der Waals surface area contributed by atoms with Crippen LogP contribution in [0.15, 0.2) is 67.1 Å². The molecule has 3 aromatic rings. The molecule has 2 heterocycles. The fraction of sp³-hybridized carbons (Fsp3) is 0.0556. The van der Waals surface area contributed by atoms with E-state index in [1.54, 1.807) is 29.2 Å². The minimum atomic E-state index is -0.228. The minimum absolute atomic E-state index is 0.228. The van der Waals surface area contributed by atoms with Crippen molar-refractivity contribution in [3.05, 3.63) is 78.3 Å². The molecule has 114 valence electrons. The van der Waals surface area contributed by atoms with Gasteiger partial charge in [-0.2, -0.15) is 5.10 Å². The number of rotatable bonds is 4. The summed E-state index contributed by atoms with van der Waals surface area (Å²) in [6, 6.07) is 13.5. The fourth-order valence-electron chi connectivity index (χ4n) is 2.03. The Hall–Kier alpha value is -3.21. The molecule has 0 saturated carbocycles. The number of pyridine rings is 1. The van der Waals surface area contributed by atoms with E-state index in [1.165, 1.54) is 6.08 Å². The number of aryl methyl sites for hydroxylation is 1. The summed E-state index contributed by atoms with van der Waals surface area (Å²) in [4.78, 5) is 16.0. The number of nitrogens with one attached hydrogen (secondary N) is 1. The van der Waals surface area contributed by atoms with Crippen LogP contribution in [0.4, 0.5) is 5.82 Å². The number of para-hydroxylation sites is 1. The maximum Gasteiger partial charge on any atom is 0.249 e. The van der Waals surface area contributed by atoms with E-state index in [0.29, 0.717) is 5.82 Å². The number of nitrogens with zero attached hydrogens (tertiary/aromatic N) is 3. The lowest BCUT2D eigenvalue weighted by molar-refractivity contribution is -0.111. The van der Waals surface area contributed by atoms with E-state index in [2.05, 4.69) is 15.4 Å². The van der Waals surface area contributed by atoms with Crippen molar-refractivity contribution in [1.82, 2.24) is 14.8 Å². The van der Waals surface area contributed by atoms with Crippen molar-refractivity contribution < 1.29 is 4.79 Å². The van der Waals surface area contributed by atoms with Crippen molar-refractivity contribution in [1.29, 1.82) is 0 Å². The van der Waals surface area contributed by atoms with Gasteiger partial charge in [0.25, 0.3) is 0 Å². The van der Waals surface area contributed by atoms with Crippen LogP contribution < -0.4 is 5.32 Å². The molecule has 1 aromatic carbocycles. The highest BCUT2D eigenvalue weighted by atomic mass is 16.1. The van der Waals surface area contributed by atoms with Gasteiger partial charge in [-0.25, -0.2) is 9.67 Å². The van der Waals surface area contributed by atoms with Crippen molar-refractivity contribution in [2.75, 3.05) is 5.32 Å². The van der Waals surface area contributed by atoms with Crippen LogP contribution in [-0.4, -0.2) is 20.7 Å². The molecule has 5 nitrogen and oxygen atoms in total. The van der Waals surface area contributed by atoms with Crippen LogP contribution in [0.3, 0.4) is 0 Å². The van der Waals surface area contributed by atoms with Crippen LogP contribution in [-0.2, 0) is 4.79 Å². The van der Waals surface area contributed by atoms with Crippen molar-refractivity contribution >= 4 is 17.8 Å². The molecule has 0 aliphatic rings. The summed E-state index contributed by atoms with van der Waals surface area (Å²) in [5.41, 5.74) is 2.87. The number of carbonyl (C=O) groups is 1. The monoisotopic (exact) mass is 304 g/mol. The lowest BCUT2D eigenvalue weighted by Crippen LogP contribution is -2.08. The Kier molecular flexibility index (Phi) is 4.29. The number of aromatic nitrogens is 3. The zero-order valence-electron chi connectivity index (χ0n) is 12.7. The summed E-state index contributed by atoms with van der Waals surface area (Å²) < 4.78 is 1.76. The molecule has 0 radical (unpaired) electrons. The Balaban J connectivity index is 1.65. The standard InChI is InChI=1S/C18H16N4O/c1-14-7-9-17(19-11-14)21-18(23)10-8-15-12-20-22(13-15)16-5-3-2-4-6-16/h2-13H,1H3,(H,19,21,23)/b10-8+. The van der Waals surface area contributed by atoms with Gasteiger partial charge < -0.3 is 5.32 Å². The van der Waals surface area contributed by atoms with Crippen molar-refractivity contribution in [3.63, 3.8) is 0 Å². The first-order valence-electron chi connectivity index (χ1n) is 7.22. The van der Waals surface area contributed by atoms with Crippen LogP contribution >= 0.6 is 0 Å². The molecule has 0 unspecified atom stereocenters. The summed E-state index contributed by atoms with van der Waals surface area (Å²) in [6.45, 7) is 1.95. The normalized spacial score (nSPS) is 10.8. The van der Waals surface area contributed by atoms with E-state index >= 15 is 0 Å². The van der Waals surface area contributed by atoms with Crippen LogP contribution in [0.5, 0.6) is 0 Å². The number of hydrogen-bond acceptors (Lipinski definition) is 3. The smallest absolute Gasteiger partial charge is 0.249 e. The highest BCUT2D eigenvalue weighted by molar-refractivity contribution is 6.01. The Morgan fingerprint density at radius 3 is 2.70 bits per heavy atom. The topological polar surface area (TPSA) is 59.8 Å². The van der Waals surface area contributed by atoms with Gasteiger partial charge in [-0.15, -0.1) is 0 Å². The van der Waals surface area contributed by atoms with E-state index in [4.69, 9.17) is 0 Å². The molecule has 23 heavy (non-hydrogen) atoms. The first-order chi connectivity index (χ1) is 11.2. The summed E-state index contributed by atoms with van der Waals surface area (Å²) in [5, 5.41) is 6.99. The van der Waals surface area contributed by atoms with E-state index in [-0.39, 0.29) is 5.91 Å². The van der Waals surface area contributed by atoms with Gasteiger partial charge in [-0.05, 0) is 36.8 Å². The Morgan fingerprint density at radius 2 is 1.96 bits per heavy atom. The van der Waals surface area contributed by atoms with Crippen molar-refractivity contribution in [3.8, 4) is 5.69 Å². The Bertz CT molecular complexity index is 820. The fourth-order valence-corrected chi connectivity index (χ4v) is 2.03. The molecule has 0 fully saturated rings. The maximum atomic E-state index is 11.9. The summed E-state index contributed by atoms with van der Waals surface area (Å²) >= 11 is 0. The molecule has 5 heteroatoms. The lowest BCUT2D eigenvalue weighted by atomic mass is 10.3. The predicted octanol–water partition coefficient (Wildman–Crippen LogP) is 3.23. The largest absolute Gasteiger partial charge is 0.307 e. The first kappa shape index (κ1) is 14.7. The third kappa shape index (κ3) is 3.91. The average Bonchev–Trinajstić information content (AvgIpc) is 3.05. The van der Waals surface area contributed by atoms with Gasteiger partial charge in [-0.3, -0.25) is 4.79 Å². The Morgan fingerprint density at radius 1 is 1.13 bits per heavy atom. The van der Waals surface area contributed by atoms with Gasteiger partial charge in [-0.1, -0.05) is 24.3 Å². The molecular formula is C18H16N4O. The average molecular weight is 304 g/mol. The van der Waals surface area contributed by atoms with Crippen LogP contribution in [0, 0.1) is 6.92 Å². The first-order valence-corrected chi connectivity index (χ1v) is 7.22. The van der Waals surface area contributed by atoms with E-state index in [9.17, 15) is 4.79 Å². The van der Waals surface area contributed by atoms with Gasteiger partial charge in [0.1, 0.15) is 5.82 Å². The van der Waals surface area contributed by atoms with Gasteiger partial charge >= 0.3 is 0 Å². The number of amides is 1. The lowest BCUT2D eigenvalue weighted by Gasteiger charge is -2.00. The summed E-state index contributed by atoms with van der Waals surface area (Å²) in [6.07, 6.45) is 8.47.